The van der Waals surface area contributed by atoms with E-state index in [-0.39, 0.29) is 11.9 Å². The van der Waals surface area contributed by atoms with Crippen molar-refractivity contribution in [1.82, 2.24) is 15.1 Å². The lowest BCUT2D eigenvalue weighted by molar-refractivity contribution is -0.122. The molecule has 1 aliphatic carbocycles. The Morgan fingerprint density at radius 1 is 1.17 bits per heavy atom. The summed E-state index contributed by atoms with van der Waals surface area (Å²) >= 11 is 0. The summed E-state index contributed by atoms with van der Waals surface area (Å²) < 4.78 is 7.92. The van der Waals surface area contributed by atoms with Gasteiger partial charge in [-0.3, -0.25) is 9.48 Å². The summed E-state index contributed by atoms with van der Waals surface area (Å²) in [5.74, 6) is 0.874. The highest BCUT2D eigenvalue weighted by Crippen LogP contribution is 2.30. The zero-order chi connectivity index (χ0) is 20.9. The van der Waals surface area contributed by atoms with E-state index < -0.39 is 0 Å². The Morgan fingerprint density at radius 2 is 2.00 bits per heavy atom. The van der Waals surface area contributed by atoms with Crippen molar-refractivity contribution < 1.29 is 9.53 Å². The van der Waals surface area contributed by atoms with Crippen LogP contribution in [0, 0.1) is 13.8 Å². The van der Waals surface area contributed by atoms with Gasteiger partial charge in [-0.25, -0.2) is 0 Å². The van der Waals surface area contributed by atoms with Crippen molar-refractivity contribution in [2.75, 3.05) is 6.61 Å². The van der Waals surface area contributed by atoms with Gasteiger partial charge in [0.2, 0.25) is 5.91 Å². The third-order valence-electron chi connectivity index (χ3n) is 5.91. The number of rotatable bonds is 7. The van der Waals surface area contributed by atoms with Gasteiger partial charge in [-0.15, -0.1) is 0 Å². The number of aromatic nitrogens is 2. The largest absolute Gasteiger partial charge is 0.493 e. The van der Waals surface area contributed by atoms with Crippen molar-refractivity contribution in [3.63, 3.8) is 0 Å². The van der Waals surface area contributed by atoms with Gasteiger partial charge < -0.3 is 10.1 Å². The van der Waals surface area contributed by atoms with Gasteiger partial charge in [0.15, 0.2) is 0 Å². The number of carbonyl (C=O) groups excluding carboxylic acids is 1. The van der Waals surface area contributed by atoms with E-state index in [1.807, 2.05) is 31.3 Å². The molecule has 0 spiro atoms. The second-order valence-electron chi connectivity index (χ2n) is 8.00. The van der Waals surface area contributed by atoms with E-state index in [1.165, 1.54) is 16.8 Å². The number of ether oxygens (including phenoxy) is 1. The highest BCUT2D eigenvalue weighted by Gasteiger charge is 2.25. The smallest absolute Gasteiger partial charge is 0.223 e. The van der Waals surface area contributed by atoms with Crippen LogP contribution >= 0.6 is 0 Å². The Kier molecular flexibility index (Phi) is 6.17. The number of hydrogen-bond donors (Lipinski definition) is 1. The zero-order valence-corrected chi connectivity index (χ0v) is 17.7. The molecule has 1 aromatic heterocycles. The number of aryl methyl sites for hydroxylation is 1. The molecular formula is C25H29N3O2. The number of nitrogens with one attached hydrogen (secondary N) is 1. The van der Waals surface area contributed by atoms with Crippen LogP contribution in [0.1, 0.15) is 53.3 Å². The number of benzene rings is 2. The Labute approximate surface area is 178 Å². The molecule has 5 nitrogen and oxygen atoms in total. The number of amides is 1. The normalized spacial score (nSPS) is 15.5. The number of carbonyl (C=O) groups is 1. The monoisotopic (exact) mass is 403 g/mol. The van der Waals surface area contributed by atoms with E-state index in [4.69, 9.17) is 4.74 Å². The SMILES string of the molecule is Cc1cccc(OCCC(=O)NC2CCCc3c2cnn3Cc2ccccc2)c1C. The number of hydrogen-bond acceptors (Lipinski definition) is 3. The highest BCUT2D eigenvalue weighted by atomic mass is 16.5. The lowest BCUT2D eigenvalue weighted by atomic mass is 9.92. The maximum atomic E-state index is 12.5. The van der Waals surface area contributed by atoms with Crippen molar-refractivity contribution in [3.8, 4) is 5.75 Å². The topological polar surface area (TPSA) is 56.1 Å². The fourth-order valence-corrected chi connectivity index (χ4v) is 4.06. The molecular weight excluding hydrogens is 374 g/mol. The van der Waals surface area contributed by atoms with Gasteiger partial charge in [-0.1, -0.05) is 42.5 Å². The third kappa shape index (κ3) is 4.56. The molecule has 0 radical (unpaired) electrons. The molecule has 0 saturated heterocycles. The molecule has 1 N–H and O–H groups in total. The molecule has 1 atom stereocenters. The van der Waals surface area contributed by atoms with E-state index >= 15 is 0 Å². The summed E-state index contributed by atoms with van der Waals surface area (Å²) in [6.45, 7) is 5.25. The molecule has 4 rings (SSSR count). The first-order valence-electron chi connectivity index (χ1n) is 10.7. The van der Waals surface area contributed by atoms with Crippen LogP contribution in [0.4, 0.5) is 0 Å². The van der Waals surface area contributed by atoms with Crippen molar-refractivity contribution >= 4 is 5.91 Å². The minimum absolute atomic E-state index is 0.0222. The van der Waals surface area contributed by atoms with E-state index in [2.05, 4.69) is 52.4 Å². The van der Waals surface area contributed by atoms with Crippen molar-refractivity contribution in [3.05, 3.63) is 82.7 Å². The van der Waals surface area contributed by atoms with Gasteiger partial charge >= 0.3 is 0 Å². The Morgan fingerprint density at radius 3 is 2.83 bits per heavy atom. The molecule has 3 aromatic rings. The summed E-state index contributed by atoms with van der Waals surface area (Å²) in [7, 11) is 0. The summed E-state index contributed by atoms with van der Waals surface area (Å²) in [4.78, 5) is 12.5. The molecule has 1 heterocycles. The van der Waals surface area contributed by atoms with E-state index in [0.717, 1.165) is 42.7 Å². The van der Waals surface area contributed by atoms with Crippen molar-refractivity contribution in [1.29, 1.82) is 0 Å². The molecule has 5 heteroatoms. The van der Waals surface area contributed by atoms with Crippen molar-refractivity contribution in [2.24, 2.45) is 0 Å². The lowest BCUT2D eigenvalue weighted by Gasteiger charge is -2.24. The van der Waals surface area contributed by atoms with Gasteiger partial charge in [-0.05, 0) is 55.9 Å². The van der Waals surface area contributed by atoms with Crippen LogP contribution in [0.25, 0.3) is 0 Å². The minimum Gasteiger partial charge on any atom is -0.493 e. The van der Waals surface area contributed by atoms with Gasteiger partial charge in [0, 0.05) is 11.3 Å². The predicted octanol–water partition coefficient (Wildman–Crippen LogP) is 4.51. The maximum absolute atomic E-state index is 12.5. The highest BCUT2D eigenvalue weighted by molar-refractivity contribution is 5.76. The Balaban J connectivity index is 1.34. The van der Waals surface area contributed by atoms with Crippen molar-refractivity contribution in [2.45, 2.75) is 52.1 Å². The molecule has 2 aromatic carbocycles. The molecule has 0 fully saturated rings. The number of nitrogens with zero attached hydrogens (tertiary/aromatic N) is 2. The predicted molar refractivity (Wildman–Crippen MR) is 118 cm³/mol. The molecule has 0 bridgehead atoms. The van der Waals surface area contributed by atoms with E-state index in [0.29, 0.717) is 13.0 Å². The fraction of sp³-hybridized carbons (Fsp3) is 0.360. The van der Waals surface area contributed by atoms with Crippen LogP contribution in [0.5, 0.6) is 5.75 Å². The van der Waals surface area contributed by atoms with Gasteiger partial charge in [0.05, 0.1) is 31.8 Å². The van der Waals surface area contributed by atoms with E-state index in [9.17, 15) is 4.79 Å². The van der Waals surface area contributed by atoms with Crippen LogP contribution in [-0.2, 0) is 17.8 Å². The lowest BCUT2D eigenvalue weighted by Crippen LogP contribution is -2.31. The Bertz CT molecular complexity index is 1010. The molecule has 1 aliphatic rings. The molecule has 1 unspecified atom stereocenters. The quantitative estimate of drug-likeness (QED) is 0.631. The molecule has 0 aliphatic heterocycles. The van der Waals surface area contributed by atoms with Crippen LogP contribution in [0.3, 0.4) is 0 Å². The first-order chi connectivity index (χ1) is 14.6. The molecule has 0 saturated carbocycles. The van der Waals surface area contributed by atoms with Crippen LogP contribution < -0.4 is 10.1 Å². The van der Waals surface area contributed by atoms with Crippen LogP contribution in [-0.4, -0.2) is 22.3 Å². The zero-order valence-electron chi connectivity index (χ0n) is 17.7. The summed E-state index contributed by atoms with van der Waals surface area (Å²) in [6.07, 6.45) is 5.28. The molecule has 1 amide bonds. The fourth-order valence-electron chi connectivity index (χ4n) is 4.06. The summed E-state index contributed by atoms with van der Waals surface area (Å²) in [5.41, 5.74) is 5.95. The Hall–Kier alpha value is -3.08. The average molecular weight is 404 g/mol. The first-order valence-corrected chi connectivity index (χ1v) is 10.7. The van der Waals surface area contributed by atoms with E-state index in [1.54, 1.807) is 0 Å². The average Bonchev–Trinajstić information content (AvgIpc) is 3.16. The van der Waals surface area contributed by atoms with Gasteiger partial charge in [-0.2, -0.15) is 5.10 Å². The van der Waals surface area contributed by atoms with Gasteiger partial charge in [0.25, 0.3) is 0 Å². The summed E-state index contributed by atoms with van der Waals surface area (Å²) in [6, 6.07) is 16.4. The second-order valence-corrected chi connectivity index (χ2v) is 8.00. The first kappa shape index (κ1) is 20.2. The number of fused-ring (bicyclic) bond motifs is 1. The second kappa shape index (κ2) is 9.16. The minimum atomic E-state index is 0.0222. The molecule has 156 valence electrons. The van der Waals surface area contributed by atoms with Crippen LogP contribution in [0.2, 0.25) is 0 Å². The standard InChI is InChI=1S/C25H29N3O2/c1-18-8-6-13-24(19(18)2)30-15-14-25(29)27-22-11-7-12-23-21(22)16-26-28(23)17-20-9-4-3-5-10-20/h3-6,8-10,13,16,22H,7,11-12,14-15,17H2,1-2H3,(H,27,29). The molecule has 30 heavy (non-hydrogen) atoms. The maximum Gasteiger partial charge on any atom is 0.223 e. The third-order valence-corrected chi connectivity index (χ3v) is 5.91. The van der Waals surface area contributed by atoms with Crippen LogP contribution in [0.15, 0.2) is 54.7 Å². The van der Waals surface area contributed by atoms with Gasteiger partial charge in [0.1, 0.15) is 5.75 Å². The summed E-state index contributed by atoms with van der Waals surface area (Å²) in [5, 5.41) is 7.80.